The molecule has 1 unspecified atom stereocenters. The van der Waals surface area contributed by atoms with Crippen molar-refractivity contribution in [2.75, 3.05) is 13.2 Å². The Bertz CT molecular complexity index is 906. The van der Waals surface area contributed by atoms with Gasteiger partial charge in [-0.05, 0) is 32.0 Å². The Morgan fingerprint density at radius 2 is 1.62 bits per heavy atom. The molecule has 0 aliphatic carbocycles. The molecule has 29 heavy (non-hydrogen) atoms. The minimum absolute atomic E-state index is 0.0415. The minimum Gasteiger partial charge on any atom is -0.463 e. The molecule has 152 valence electrons. The predicted molar refractivity (Wildman–Crippen MR) is 106 cm³/mol. The number of esters is 2. The van der Waals surface area contributed by atoms with Gasteiger partial charge in [-0.2, -0.15) is 0 Å². The third-order valence-corrected chi connectivity index (χ3v) is 4.99. The molecule has 0 fully saturated rings. The average Bonchev–Trinajstić information content (AvgIpc) is 3.03. The van der Waals surface area contributed by atoms with E-state index in [9.17, 15) is 14.4 Å². The Morgan fingerprint density at radius 1 is 1.00 bits per heavy atom. The molecule has 2 aromatic carbocycles. The molecule has 7 heteroatoms. The summed E-state index contributed by atoms with van der Waals surface area (Å²) < 4.78 is 16.2. The third-order valence-electron chi connectivity index (χ3n) is 4.75. The fourth-order valence-corrected chi connectivity index (χ4v) is 3.64. The van der Waals surface area contributed by atoms with E-state index in [0.29, 0.717) is 21.9 Å². The Balaban J connectivity index is 2.11. The first-order chi connectivity index (χ1) is 13.9. The van der Waals surface area contributed by atoms with Crippen LogP contribution in [-0.4, -0.2) is 36.5 Å². The van der Waals surface area contributed by atoms with Crippen LogP contribution in [0.1, 0.15) is 42.1 Å². The van der Waals surface area contributed by atoms with E-state index in [0.717, 1.165) is 0 Å². The fraction of sp³-hybridized carbons (Fsp3) is 0.318. The first kappa shape index (κ1) is 20.9. The van der Waals surface area contributed by atoms with E-state index in [2.05, 4.69) is 0 Å². The summed E-state index contributed by atoms with van der Waals surface area (Å²) in [4.78, 5) is 38.9. The van der Waals surface area contributed by atoms with Gasteiger partial charge in [-0.15, -0.1) is 0 Å². The zero-order chi connectivity index (χ0) is 21.0. The molecule has 0 aromatic heterocycles. The Hall–Kier alpha value is -2.86. The Labute approximate surface area is 173 Å². The molecule has 1 aliphatic rings. The molecule has 0 amide bonds. The van der Waals surface area contributed by atoms with Crippen molar-refractivity contribution in [3.8, 4) is 5.75 Å². The van der Waals surface area contributed by atoms with E-state index in [4.69, 9.17) is 25.8 Å². The molecule has 0 spiro atoms. The van der Waals surface area contributed by atoms with Crippen LogP contribution in [0.3, 0.4) is 0 Å². The van der Waals surface area contributed by atoms with Crippen molar-refractivity contribution in [2.45, 2.75) is 31.8 Å². The van der Waals surface area contributed by atoms with Crippen molar-refractivity contribution in [3.63, 3.8) is 0 Å². The highest BCUT2D eigenvalue weighted by Crippen LogP contribution is 2.49. The first-order valence-corrected chi connectivity index (χ1v) is 9.73. The summed E-state index contributed by atoms with van der Waals surface area (Å²) >= 11 is 6.14. The van der Waals surface area contributed by atoms with Crippen LogP contribution in [0.2, 0.25) is 5.02 Å². The number of fused-ring (bicyclic) bond motifs is 1. The van der Waals surface area contributed by atoms with Crippen molar-refractivity contribution in [2.24, 2.45) is 0 Å². The molecule has 1 atom stereocenters. The van der Waals surface area contributed by atoms with Gasteiger partial charge in [0, 0.05) is 22.6 Å². The molecule has 0 bridgehead atoms. The lowest BCUT2D eigenvalue weighted by Gasteiger charge is -2.29. The van der Waals surface area contributed by atoms with Crippen molar-refractivity contribution in [3.05, 3.63) is 64.7 Å². The molecular formula is C22H21ClO6. The van der Waals surface area contributed by atoms with Gasteiger partial charge in [0.2, 0.25) is 0 Å². The largest absolute Gasteiger partial charge is 0.463 e. The maximum absolute atomic E-state index is 13.0. The molecular weight excluding hydrogens is 396 g/mol. The van der Waals surface area contributed by atoms with Crippen molar-refractivity contribution in [1.82, 2.24) is 0 Å². The van der Waals surface area contributed by atoms with E-state index in [1.54, 1.807) is 62.4 Å². The lowest BCUT2D eigenvalue weighted by molar-refractivity contribution is -0.180. The van der Waals surface area contributed by atoms with Crippen LogP contribution >= 0.6 is 11.6 Å². The van der Waals surface area contributed by atoms with Crippen LogP contribution in [0, 0.1) is 0 Å². The molecule has 0 radical (unpaired) electrons. The highest BCUT2D eigenvalue weighted by Gasteiger charge is 2.63. The SMILES string of the molecule is CCOC(=O)C1(C(=O)OCC)Oc2ccc(Cl)cc2C1CC(=O)c1ccccc1. The zero-order valence-corrected chi connectivity index (χ0v) is 16.9. The number of Topliss-reactive ketones (excluding diaryl/α,β-unsaturated/α-hetero) is 1. The number of hydrogen-bond donors (Lipinski definition) is 0. The lowest BCUT2D eigenvalue weighted by atomic mass is 9.79. The molecule has 2 aromatic rings. The third kappa shape index (κ3) is 3.85. The Kier molecular flexibility index (Phi) is 6.23. The topological polar surface area (TPSA) is 78.9 Å². The van der Waals surface area contributed by atoms with Gasteiger partial charge in [-0.25, -0.2) is 9.59 Å². The van der Waals surface area contributed by atoms with Crippen molar-refractivity contribution in [1.29, 1.82) is 0 Å². The molecule has 3 rings (SSSR count). The molecule has 6 nitrogen and oxygen atoms in total. The summed E-state index contributed by atoms with van der Waals surface area (Å²) in [6, 6.07) is 13.4. The Morgan fingerprint density at radius 3 is 2.21 bits per heavy atom. The monoisotopic (exact) mass is 416 g/mol. The molecule has 1 heterocycles. The minimum atomic E-state index is -2.11. The van der Waals surface area contributed by atoms with E-state index >= 15 is 0 Å². The van der Waals surface area contributed by atoms with Crippen molar-refractivity contribution >= 4 is 29.3 Å². The first-order valence-electron chi connectivity index (χ1n) is 9.35. The number of benzene rings is 2. The van der Waals surface area contributed by atoms with Gasteiger partial charge < -0.3 is 14.2 Å². The standard InChI is InChI=1S/C22H21ClO6/c1-3-27-20(25)22(21(26)28-4-2)17(13-18(24)14-8-6-5-7-9-14)16-12-15(23)10-11-19(16)29-22/h5-12,17H,3-4,13H2,1-2H3. The molecule has 0 saturated heterocycles. The number of rotatable bonds is 7. The number of carbonyl (C=O) groups excluding carboxylic acids is 3. The highest BCUT2D eigenvalue weighted by atomic mass is 35.5. The average molecular weight is 417 g/mol. The lowest BCUT2D eigenvalue weighted by Crippen LogP contribution is -2.55. The van der Waals surface area contributed by atoms with Crippen LogP contribution in [-0.2, 0) is 19.1 Å². The van der Waals surface area contributed by atoms with Crippen LogP contribution in [0.5, 0.6) is 5.75 Å². The van der Waals surface area contributed by atoms with Gasteiger partial charge in [0.15, 0.2) is 5.78 Å². The van der Waals surface area contributed by atoms with E-state index in [1.165, 1.54) is 0 Å². The summed E-state index contributed by atoms with van der Waals surface area (Å²) in [5, 5.41) is 0.396. The van der Waals surface area contributed by atoms with Gasteiger partial charge >= 0.3 is 17.5 Å². The van der Waals surface area contributed by atoms with Gasteiger partial charge in [-0.1, -0.05) is 41.9 Å². The van der Waals surface area contributed by atoms with E-state index in [1.807, 2.05) is 0 Å². The summed E-state index contributed by atoms with van der Waals surface area (Å²) in [6.45, 7) is 3.33. The number of ether oxygens (including phenoxy) is 3. The summed E-state index contributed by atoms with van der Waals surface area (Å²) in [6.07, 6.45) is -0.158. The zero-order valence-electron chi connectivity index (χ0n) is 16.1. The van der Waals surface area contributed by atoms with Gasteiger partial charge in [-0.3, -0.25) is 4.79 Å². The summed E-state index contributed by atoms with van der Waals surface area (Å²) in [7, 11) is 0. The summed E-state index contributed by atoms with van der Waals surface area (Å²) in [5.74, 6) is -2.68. The highest BCUT2D eigenvalue weighted by molar-refractivity contribution is 6.30. The van der Waals surface area contributed by atoms with E-state index < -0.39 is 23.5 Å². The van der Waals surface area contributed by atoms with Gasteiger partial charge in [0.25, 0.3) is 0 Å². The van der Waals surface area contributed by atoms with Crippen molar-refractivity contribution < 1.29 is 28.6 Å². The second-order valence-electron chi connectivity index (χ2n) is 6.51. The molecule has 0 N–H and O–H groups in total. The van der Waals surface area contributed by atoms with Crippen LogP contribution in [0.25, 0.3) is 0 Å². The maximum atomic E-state index is 13.0. The van der Waals surface area contributed by atoms with E-state index in [-0.39, 0.29) is 25.4 Å². The van der Waals surface area contributed by atoms with Gasteiger partial charge in [0.05, 0.1) is 19.1 Å². The second-order valence-corrected chi connectivity index (χ2v) is 6.94. The maximum Gasteiger partial charge on any atom is 0.363 e. The van der Waals surface area contributed by atoms with Gasteiger partial charge in [0.1, 0.15) is 5.75 Å². The second kappa shape index (κ2) is 8.66. The van der Waals surface area contributed by atoms with Crippen LogP contribution in [0.15, 0.2) is 48.5 Å². The molecule has 1 aliphatic heterocycles. The normalized spacial score (nSPS) is 16.4. The number of halogens is 1. The number of hydrogen-bond acceptors (Lipinski definition) is 6. The smallest absolute Gasteiger partial charge is 0.363 e. The van der Waals surface area contributed by atoms with Crippen LogP contribution in [0.4, 0.5) is 0 Å². The fourth-order valence-electron chi connectivity index (χ4n) is 3.46. The van der Waals surface area contributed by atoms with Crippen LogP contribution < -0.4 is 4.74 Å². The quantitative estimate of drug-likeness (QED) is 0.386. The number of ketones is 1. The predicted octanol–water partition coefficient (Wildman–Crippen LogP) is 3.95. The summed E-state index contributed by atoms with van der Waals surface area (Å²) in [5.41, 5.74) is -1.16. The molecule has 0 saturated carbocycles. The number of carbonyl (C=O) groups is 3.